The van der Waals surface area contributed by atoms with E-state index in [9.17, 15) is 4.79 Å². The van der Waals surface area contributed by atoms with Crippen molar-refractivity contribution in [1.82, 2.24) is 4.98 Å². The van der Waals surface area contributed by atoms with Crippen molar-refractivity contribution in [1.29, 1.82) is 0 Å². The van der Waals surface area contributed by atoms with E-state index in [4.69, 9.17) is 18.9 Å². The highest BCUT2D eigenvalue weighted by atomic mass is 16.5. The Balaban J connectivity index is 1.73. The molecule has 3 aromatic rings. The van der Waals surface area contributed by atoms with Crippen LogP contribution < -0.4 is 18.9 Å². The van der Waals surface area contributed by atoms with E-state index in [0.717, 1.165) is 11.3 Å². The van der Waals surface area contributed by atoms with Crippen molar-refractivity contribution in [3.8, 4) is 23.0 Å². The molecule has 3 rings (SSSR count). The summed E-state index contributed by atoms with van der Waals surface area (Å²) in [5.74, 6) is 1.08. The monoisotopic (exact) mass is 391 g/mol. The number of hydrogen-bond acceptors (Lipinski definition) is 6. The third-order valence-corrected chi connectivity index (χ3v) is 4.13. The summed E-state index contributed by atoms with van der Waals surface area (Å²) in [7, 11) is 4.48. The lowest BCUT2D eigenvalue weighted by Crippen LogP contribution is -2.09. The molecule has 6 heteroatoms. The number of esters is 1. The zero-order valence-electron chi connectivity index (χ0n) is 16.4. The van der Waals surface area contributed by atoms with Crippen LogP contribution >= 0.6 is 0 Å². The Bertz CT molecular complexity index is 973. The summed E-state index contributed by atoms with van der Waals surface area (Å²) in [5.41, 5.74) is 2.12. The third kappa shape index (κ3) is 4.93. The van der Waals surface area contributed by atoms with E-state index >= 15 is 0 Å². The van der Waals surface area contributed by atoms with E-state index in [-0.39, 0.29) is 0 Å². The van der Waals surface area contributed by atoms with Crippen molar-refractivity contribution in [2.45, 2.75) is 0 Å². The first-order valence-corrected chi connectivity index (χ1v) is 8.86. The van der Waals surface area contributed by atoms with Crippen LogP contribution in [0.25, 0.3) is 12.2 Å². The summed E-state index contributed by atoms with van der Waals surface area (Å²) in [6, 6.07) is 16.0. The number of aromatic nitrogens is 1. The molecule has 0 atom stereocenters. The van der Waals surface area contributed by atoms with E-state index in [1.807, 2.05) is 42.5 Å². The van der Waals surface area contributed by atoms with E-state index in [1.165, 1.54) is 21.3 Å². The Morgan fingerprint density at radius 2 is 1.55 bits per heavy atom. The second kappa shape index (κ2) is 9.41. The largest absolute Gasteiger partial charge is 0.493 e. The van der Waals surface area contributed by atoms with Gasteiger partial charge in [-0.3, -0.25) is 4.98 Å². The number of hydrogen-bond donors (Lipinski definition) is 0. The molecule has 148 valence electrons. The normalized spacial score (nSPS) is 10.6. The smallest absolute Gasteiger partial charge is 0.343 e. The van der Waals surface area contributed by atoms with Crippen LogP contribution in [0.3, 0.4) is 0 Å². The number of ether oxygens (including phenoxy) is 4. The molecule has 1 heterocycles. The first-order chi connectivity index (χ1) is 14.1. The van der Waals surface area contributed by atoms with Crippen LogP contribution in [0.2, 0.25) is 0 Å². The number of rotatable bonds is 7. The molecule has 0 amide bonds. The number of methoxy groups -OCH3 is 3. The maximum absolute atomic E-state index is 12.5. The van der Waals surface area contributed by atoms with Gasteiger partial charge in [-0.05, 0) is 48.0 Å². The van der Waals surface area contributed by atoms with Crippen molar-refractivity contribution >= 4 is 18.1 Å². The Morgan fingerprint density at radius 3 is 2.10 bits per heavy atom. The molecule has 0 saturated carbocycles. The van der Waals surface area contributed by atoms with Crippen LogP contribution in [-0.4, -0.2) is 32.3 Å². The first-order valence-electron chi connectivity index (χ1n) is 8.86. The quantitative estimate of drug-likeness (QED) is 0.436. The third-order valence-electron chi connectivity index (χ3n) is 4.13. The summed E-state index contributed by atoms with van der Waals surface area (Å²) in [6.07, 6.45) is 5.59. The molecule has 0 aliphatic rings. The van der Waals surface area contributed by atoms with Gasteiger partial charge in [0.1, 0.15) is 5.75 Å². The highest BCUT2D eigenvalue weighted by molar-refractivity contribution is 5.92. The Morgan fingerprint density at radius 1 is 0.862 bits per heavy atom. The van der Waals surface area contributed by atoms with Crippen molar-refractivity contribution in [2.75, 3.05) is 21.3 Å². The molecule has 1 aromatic heterocycles. The summed E-state index contributed by atoms with van der Waals surface area (Å²) in [4.78, 5) is 16.8. The minimum atomic E-state index is -0.527. The molecule has 0 spiro atoms. The fraction of sp³-hybridized carbons (Fsp3) is 0.130. The summed E-state index contributed by atoms with van der Waals surface area (Å²) in [5, 5.41) is 0. The van der Waals surface area contributed by atoms with Crippen molar-refractivity contribution < 1.29 is 23.7 Å². The number of carbonyl (C=O) groups excluding carboxylic acids is 1. The zero-order chi connectivity index (χ0) is 20.6. The SMILES string of the molecule is COc1cc(C(=O)Oc2ccc(C=Cc3ccccn3)cc2)cc(OC)c1OC. The maximum Gasteiger partial charge on any atom is 0.343 e. The van der Waals surface area contributed by atoms with Crippen molar-refractivity contribution in [2.24, 2.45) is 0 Å². The fourth-order valence-electron chi connectivity index (χ4n) is 2.67. The Hall–Kier alpha value is -3.80. The average Bonchev–Trinajstić information content (AvgIpc) is 2.78. The minimum absolute atomic E-state index is 0.290. The van der Waals surface area contributed by atoms with Crippen molar-refractivity contribution in [3.05, 3.63) is 77.6 Å². The van der Waals surface area contributed by atoms with Gasteiger partial charge in [0.2, 0.25) is 5.75 Å². The summed E-state index contributed by atoms with van der Waals surface area (Å²) < 4.78 is 21.3. The Labute approximate surface area is 169 Å². The lowest BCUT2D eigenvalue weighted by molar-refractivity contribution is 0.0734. The number of pyridine rings is 1. The molecular weight excluding hydrogens is 370 g/mol. The summed E-state index contributed by atoms with van der Waals surface area (Å²) in [6.45, 7) is 0. The van der Waals surface area contributed by atoms with Gasteiger partial charge < -0.3 is 18.9 Å². The van der Waals surface area contributed by atoms with Gasteiger partial charge in [-0.15, -0.1) is 0 Å². The molecule has 0 radical (unpaired) electrons. The highest BCUT2D eigenvalue weighted by Gasteiger charge is 2.18. The molecule has 29 heavy (non-hydrogen) atoms. The predicted octanol–water partition coefficient (Wildman–Crippen LogP) is 4.50. The molecule has 0 bridgehead atoms. The molecule has 0 fully saturated rings. The van der Waals surface area contributed by atoms with Gasteiger partial charge in [0.05, 0.1) is 32.6 Å². The molecule has 0 saturated heterocycles. The lowest BCUT2D eigenvalue weighted by Gasteiger charge is -2.13. The van der Waals surface area contributed by atoms with Gasteiger partial charge in [0.25, 0.3) is 0 Å². The van der Waals surface area contributed by atoms with Gasteiger partial charge in [-0.2, -0.15) is 0 Å². The predicted molar refractivity (Wildman–Crippen MR) is 111 cm³/mol. The molecule has 0 aliphatic heterocycles. The van der Waals surface area contributed by atoms with Crippen LogP contribution in [0.4, 0.5) is 0 Å². The van der Waals surface area contributed by atoms with Crippen LogP contribution in [0, 0.1) is 0 Å². The first kappa shape index (κ1) is 19.9. The van der Waals surface area contributed by atoms with Gasteiger partial charge in [-0.25, -0.2) is 4.79 Å². The Kier molecular flexibility index (Phi) is 6.47. The van der Waals surface area contributed by atoms with E-state index < -0.39 is 5.97 Å². The summed E-state index contributed by atoms with van der Waals surface area (Å²) >= 11 is 0. The fourth-order valence-corrected chi connectivity index (χ4v) is 2.67. The van der Waals surface area contributed by atoms with E-state index in [2.05, 4.69) is 4.98 Å². The molecular formula is C23H21NO5. The molecule has 0 aliphatic carbocycles. The molecule has 6 nitrogen and oxygen atoms in total. The van der Waals surface area contributed by atoms with Gasteiger partial charge in [0, 0.05) is 6.20 Å². The van der Waals surface area contributed by atoms with Gasteiger partial charge >= 0.3 is 5.97 Å². The van der Waals surface area contributed by atoms with Crippen LogP contribution in [0.5, 0.6) is 23.0 Å². The number of benzene rings is 2. The van der Waals surface area contributed by atoms with E-state index in [0.29, 0.717) is 28.6 Å². The van der Waals surface area contributed by atoms with Crippen LogP contribution in [0.1, 0.15) is 21.6 Å². The topological polar surface area (TPSA) is 66.9 Å². The maximum atomic E-state index is 12.5. The number of carbonyl (C=O) groups is 1. The minimum Gasteiger partial charge on any atom is -0.493 e. The lowest BCUT2D eigenvalue weighted by atomic mass is 10.1. The highest BCUT2D eigenvalue weighted by Crippen LogP contribution is 2.38. The zero-order valence-corrected chi connectivity index (χ0v) is 16.4. The standard InChI is InChI=1S/C23H21NO5/c1-26-20-14-17(15-21(27-2)22(20)28-3)23(25)29-19-11-8-16(9-12-19)7-10-18-6-4-5-13-24-18/h4-15H,1-3H3. The van der Waals surface area contributed by atoms with Crippen molar-refractivity contribution in [3.63, 3.8) is 0 Å². The van der Waals surface area contributed by atoms with Crippen LogP contribution in [-0.2, 0) is 0 Å². The number of nitrogens with zero attached hydrogens (tertiary/aromatic N) is 1. The second-order valence-corrected chi connectivity index (χ2v) is 5.96. The van der Waals surface area contributed by atoms with Crippen LogP contribution in [0.15, 0.2) is 60.8 Å². The van der Waals surface area contributed by atoms with Gasteiger partial charge in [0.15, 0.2) is 11.5 Å². The van der Waals surface area contributed by atoms with E-state index in [1.54, 1.807) is 30.5 Å². The molecule has 0 N–H and O–H groups in total. The second-order valence-electron chi connectivity index (χ2n) is 5.96. The van der Waals surface area contributed by atoms with Gasteiger partial charge in [-0.1, -0.05) is 24.3 Å². The molecule has 0 unspecified atom stereocenters. The average molecular weight is 391 g/mol. The molecule has 2 aromatic carbocycles.